The molecule has 3 heteroatoms. The third kappa shape index (κ3) is 1.11. The molecule has 80 valence electrons. The van der Waals surface area contributed by atoms with Gasteiger partial charge in [-0.2, -0.15) is 0 Å². The van der Waals surface area contributed by atoms with E-state index in [1.807, 2.05) is 43.3 Å². The number of benzene rings is 2. The van der Waals surface area contributed by atoms with Crippen molar-refractivity contribution in [3.05, 3.63) is 47.3 Å². The lowest BCUT2D eigenvalue weighted by Gasteiger charge is -1.97. The van der Waals surface area contributed by atoms with Gasteiger partial charge in [-0.1, -0.05) is 37.3 Å². The molecule has 0 fully saturated rings. The van der Waals surface area contributed by atoms with Crippen molar-refractivity contribution in [1.29, 1.82) is 0 Å². The maximum absolute atomic E-state index is 11.6. The number of hydrogen-bond acceptors (Lipinski definition) is 2. The molecule has 3 nitrogen and oxygen atoms in total. The number of fused-ring (bicyclic) bond motifs is 3. The van der Waals surface area contributed by atoms with Crippen LogP contribution in [0.25, 0.3) is 21.7 Å². The van der Waals surface area contributed by atoms with E-state index in [0.717, 1.165) is 16.2 Å². The minimum atomic E-state index is 0.622. The normalized spacial score (nSPS) is 11.3. The van der Waals surface area contributed by atoms with Gasteiger partial charge in [-0.3, -0.25) is 5.21 Å². The smallest absolute Gasteiger partial charge is 0.254 e. The molecule has 0 aliphatic carbocycles. The first-order chi connectivity index (χ1) is 7.81. The molecule has 0 spiro atoms. The van der Waals surface area contributed by atoms with Gasteiger partial charge in [0.25, 0.3) is 5.69 Å². The minimum absolute atomic E-state index is 0.622. The Kier molecular flexibility index (Phi) is 1.86. The number of hydrogen-bond donors (Lipinski definition) is 0. The van der Waals surface area contributed by atoms with Crippen molar-refractivity contribution in [3.8, 4) is 0 Å². The van der Waals surface area contributed by atoms with Crippen LogP contribution in [0.2, 0.25) is 0 Å². The molecule has 0 aliphatic heterocycles. The fourth-order valence-corrected chi connectivity index (χ4v) is 2.17. The Bertz CT molecular complexity index is 670. The Morgan fingerprint density at radius 2 is 2.00 bits per heavy atom. The molecule has 3 aromatic rings. The molecule has 1 heterocycles. The van der Waals surface area contributed by atoms with Crippen molar-refractivity contribution in [2.24, 2.45) is 0 Å². The summed E-state index contributed by atoms with van der Waals surface area (Å²) in [7, 11) is 0. The lowest BCUT2D eigenvalue weighted by atomic mass is 10.0. The van der Waals surface area contributed by atoms with Crippen molar-refractivity contribution >= 4 is 21.7 Å². The molecular formula is C13H11NO2. The Labute approximate surface area is 92.4 Å². The van der Waals surface area contributed by atoms with Gasteiger partial charge < -0.3 is 4.52 Å². The van der Waals surface area contributed by atoms with Gasteiger partial charge in [0.1, 0.15) is 0 Å². The fourth-order valence-electron chi connectivity index (χ4n) is 2.17. The number of aromatic nitrogens is 1. The second-order valence-electron chi connectivity index (χ2n) is 3.81. The highest BCUT2D eigenvalue weighted by Gasteiger charge is 2.16. The Morgan fingerprint density at radius 1 is 1.19 bits per heavy atom. The average molecular weight is 213 g/mol. The van der Waals surface area contributed by atoms with Crippen molar-refractivity contribution in [3.63, 3.8) is 0 Å². The molecule has 0 saturated heterocycles. The molecule has 0 aliphatic rings. The lowest BCUT2D eigenvalue weighted by Crippen LogP contribution is -2.27. The van der Waals surface area contributed by atoms with Gasteiger partial charge in [0.2, 0.25) is 0 Å². The summed E-state index contributed by atoms with van der Waals surface area (Å²) in [6.45, 7) is 1.96. The van der Waals surface area contributed by atoms with Gasteiger partial charge in [-0.15, -0.1) is 0 Å². The van der Waals surface area contributed by atoms with Crippen LogP contribution >= 0.6 is 0 Å². The van der Waals surface area contributed by atoms with Gasteiger partial charge in [-0.05, 0) is 16.8 Å². The number of rotatable bonds is 1. The van der Waals surface area contributed by atoms with Gasteiger partial charge in [-0.25, -0.2) is 0 Å². The quantitative estimate of drug-likeness (QED) is 0.583. The highest BCUT2D eigenvalue weighted by atomic mass is 16.7. The van der Waals surface area contributed by atoms with E-state index >= 15 is 0 Å². The topological polar surface area (TPSA) is 40.1 Å². The van der Waals surface area contributed by atoms with Gasteiger partial charge >= 0.3 is 0 Å². The highest BCUT2D eigenvalue weighted by molar-refractivity contribution is 6.06. The van der Waals surface area contributed by atoms with E-state index in [1.165, 1.54) is 0 Å². The SMILES string of the molecule is CCc1c2c(ccc3ccccc32)o[n+]1[O-]. The second kappa shape index (κ2) is 3.23. The van der Waals surface area contributed by atoms with Crippen LogP contribution in [-0.4, -0.2) is 0 Å². The molecule has 0 N–H and O–H groups in total. The lowest BCUT2D eigenvalue weighted by molar-refractivity contribution is -0.793. The van der Waals surface area contributed by atoms with E-state index < -0.39 is 0 Å². The van der Waals surface area contributed by atoms with E-state index in [4.69, 9.17) is 4.52 Å². The molecule has 2 aromatic carbocycles. The molecular weight excluding hydrogens is 202 g/mol. The maximum atomic E-state index is 11.6. The Hall–Kier alpha value is -2.03. The largest absolute Gasteiger partial charge is 0.366 e. The van der Waals surface area contributed by atoms with Crippen molar-refractivity contribution < 1.29 is 9.43 Å². The van der Waals surface area contributed by atoms with E-state index in [0.29, 0.717) is 22.6 Å². The summed E-state index contributed by atoms with van der Waals surface area (Å²) >= 11 is 0. The number of aryl methyl sites for hydroxylation is 1. The predicted octanol–water partition coefficient (Wildman–Crippen LogP) is 2.78. The highest BCUT2D eigenvalue weighted by Crippen LogP contribution is 2.27. The van der Waals surface area contributed by atoms with Gasteiger partial charge in [0.05, 0.1) is 11.0 Å². The van der Waals surface area contributed by atoms with Crippen molar-refractivity contribution in [2.75, 3.05) is 0 Å². The monoisotopic (exact) mass is 213 g/mol. The van der Waals surface area contributed by atoms with Crippen LogP contribution in [0.1, 0.15) is 12.6 Å². The molecule has 1 aromatic heterocycles. The fraction of sp³-hybridized carbons (Fsp3) is 0.154. The Morgan fingerprint density at radius 3 is 2.81 bits per heavy atom. The van der Waals surface area contributed by atoms with E-state index in [-0.39, 0.29) is 0 Å². The summed E-state index contributed by atoms with van der Waals surface area (Å²) in [4.78, 5) is 0.622. The van der Waals surface area contributed by atoms with Crippen LogP contribution in [0.4, 0.5) is 0 Å². The summed E-state index contributed by atoms with van der Waals surface area (Å²) < 4.78 is 5.16. The predicted molar refractivity (Wildman–Crippen MR) is 62.1 cm³/mol. The first-order valence-electron chi connectivity index (χ1n) is 5.34. The van der Waals surface area contributed by atoms with Crippen LogP contribution in [0.3, 0.4) is 0 Å². The minimum Gasteiger partial charge on any atom is -0.366 e. The average Bonchev–Trinajstić information content (AvgIpc) is 2.65. The molecule has 0 saturated carbocycles. The van der Waals surface area contributed by atoms with Crippen molar-refractivity contribution in [2.45, 2.75) is 13.3 Å². The van der Waals surface area contributed by atoms with Crippen LogP contribution in [0.15, 0.2) is 40.9 Å². The Balaban J connectivity index is 2.57. The summed E-state index contributed by atoms with van der Waals surface area (Å²) in [6.07, 6.45) is 0.671. The zero-order valence-corrected chi connectivity index (χ0v) is 8.93. The maximum Gasteiger partial charge on any atom is 0.254 e. The van der Waals surface area contributed by atoms with Crippen LogP contribution in [0, 0.1) is 5.21 Å². The second-order valence-corrected chi connectivity index (χ2v) is 3.81. The van der Waals surface area contributed by atoms with Gasteiger partial charge in [0, 0.05) is 11.3 Å². The van der Waals surface area contributed by atoms with Crippen LogP contribution in [-0.2, 0) is 6.42 Å². The zero-order valence-electron chi connectivity index (χ0n) is 8.93. The standard InChI is InChI=1S/C13H11NO2/c1-2-11-13-10-6-4-3-5-9(10)7-8-12(13)16-14(11)15/h3-8H,2H2,1H3. The molecule has 0 bridgehead atoms. The molecule has 0 unspecified atom stereocenters. The molecule has 0 atom stereocenters. The van der Waals surface area contributed by atoms with Crippen molar-refractivity contribution in [1.82, 2.24) is 0 Å². The third-order valence-corrected chi connectivity index (χ3v) is 2.92. The van der Waals surface area contributed by atoms with Crippen LogP contribution < -0.4 is 4.90 Å². The van der Waals surface area contributed by atoms with Gasteiger partial charge in [0.15, 0.2) is 0 Å². The summed E-state index contributed by atoms with van der Waals surface area (Å²) in [5.74, 6) is 0. The zero-order chi connectivity index (χ0) is 11.1. The first-order valence-corrected chi connectivity index (χ1v) is 5.34. The van der Waals surface area contributed by atoms with E-state index in [2.05, 4.69) is 0 Å². The van der Waals surface area contributed by atoms with Crippen LogP contribution in [0.5, 0.6) is 0 Å². The molecule has 0 amide bonds. The van der Waals surface area contributed by atoms with E-state index in [9.17, 15) is 5.21 Å². The van der Waals surface area contributed by atoms with E-state index in [1.54, 1.807) is 0 Å². The third-order valence-electron chi connectivity index (χ3n) is 2.92. The summed E-state index contributed by atoms with van der Waals surface area (Å²) in [6, 6.07) is 11.9. The molecule has 0 radical (unpaired) electrons. The summed E-state index contributed by atoms with van der Waals surface area (Å²) in [5.41, 5.74) is 1.36. The molecule has 3 rings (SSSR count). The number of nitrogens with zero attached hydrogens (tertiary/aromatic N) is 1. The molecule has 16 heavy (non-hydrogen) atoms. The first kappa shape index (κ1) is 9.21. The summed E-state index contributed by atoms with van der Waals surface area (Å²) in [5, 5.41) is 14.7.